The van der Waals surface area contributed by atoms with Gasteiger partial charge in [-0.15, -0.1) is 11.3 Å². The van der Waals surface area contributed by atoms with Gasteiger partial charge in [-0.25, -0.2) is 8.42 Å². The van der Waals surface area contributed by atoms with Crippen molar-refractivity contribution >= 4 is 32.8 Å². The Morgan fingerprint density at radius 1 is 1.11 bits per heavy atom. The van der Waals surface area contributed by atoms with Crippen LogP contribution >= 0.6 is 11.3 Å². The molecule has 0 spiro atoms. The molecular formula is C21H16N2O3S2. The maximum atomic E-state index is 13.1. The molecule has 0 radical (unpaired) electrons. The molecule has 4 rings (SSSR count). The van der Waals surface area contributed by atoms with Crippen molar-refractivity contribution in [2.24, 2.45) is 0 Å². The molecule has 0 aliphatic carbocycles. The molecule has 0 unspecified atom stereocenters. The van der Waals surface area contributed by atoms with Gasteiger partial charge in [0.2, 0.25) is 15.7 Å². The Bertz CT molecular complexity index is 1200. The highest BCUT2D eigenvalue weighted by Crippen LogP contribution is 2.45. The molecule has 140 valence electrons. The van der Waals surface area contributed by atoms with Gasteiger partial charge in [-0.3, -0.25) is 4.79 Å². The molecular weight excluding hydrogens is 392 g/mol. The van der Waals surface area contributed by atoms with E-state index in [0.717, 1.165) is 16.0 Å². The summed E-state index contributed by atoms with van der Waals surface area (Å²) in [5.41, 5.74) is 2.77. The van der Waals surface area contributed by atoms with E-state index in [9.17, 15) is 13.2 Å². The highest BCUT2D eigenvalue weighted by atomic mass is 32.2. The Balaban J connectivity index is 1.80. The third kappa shape index (κ3) is 3.11. The molecule has 1 amide bonds. The lowest BCUT2D eigenvalue weighted by atomic mass is 9.90. The summed E-state index contributed by atoms with van der Waals surface area (Å²) in [5.74, 6) is -0.455. The smallest absolute Gasteiger partial charge is 0.225 e. The molecule has 1 aliphatic rings. The Morgan fingerprint density at radius 2 is 1.79 bits per heavy atom. The molecule has 0 saturated carbocycles. The number of nitrogens with zero attached hydrogens (tertiary/aromatic N) is 1. The van der Waals surface area contributed by atoms with Crippen molar-refractivity contribution in [1.29, 1.82) is 5.26 Å². The molecule has 3 aromatic rings. The van der Waals surface area contributed by atoms with Gasteiger partial charge in [0.15, 0.2) is 0 Å². The molecule has 2 heterocycles. The number of hydrogen-bond acceptors (Lipinski definition) is 5. The number of anilines is 1. The third-order valence-corrected chi connectivity index (χ3v) is 7.86. The van der Waals surface area contributed by atoms with E-state index in [1.54, 1.807) is 41.8 Å². The molecule has 0 fully saturated rings. The van der Waals surface area contributed by atoms with Gasteiger partial charge in [-0.1, -0.05) is 29.8 Å². The van der Waals surface area contributed by atoms with Gasteiger partial charge >= 0.3 is 0 Å². The second-order valence-corrected chi connectivity index (χ2v) is 9.52. The second-order valence-electron chi connectivity index (χ2n) is 6.69. The summed E-state index contributed by atoms with van der Waals surface area (Å²) in [5, 5.41) is 13.3. The maximum absolute atomic E-state index is 13.1. The normalized spacial score (nSPS) is 16.1. The van der Waals surface area contributed by atoms with Crippen molar-refractivity contribution < 1.29 is 13.2 Å². The lowest BCUT2D eigenvalue weighted by Crippen LogP contribution is -2.23. The van der Waals surface area contributed by atoms with Crippen LogP contribution in [0.5, 0.6) is 0 Å². The predicted octanol–water partition coefficient (Wildman–Crippen LogP) is 4.24. The van der Waals surface area contributed by atoms with Crippen LogP contribution < -0.4 is 5.32 Å². The van der Waals surface area contributed by atoms with Gasteiger partial charge in [-0.05, 0) is 36.8 Å². The highest BCUT2D eigenvalue weighted by molar-refractivity contribution is 7.91. The van der Waals surface area contributed by atoms with Crippen LogP contribution in [0.2, 0.25) is 0 Å². The largest absolute Gasteiger partial charge is 0.324 e. The van der Waals surface area contributed by atoms with E-state index in [4.69, 9.17) is 5.26 Å². The zero-order chi connectivity index (χ0) is 19.9. The van der Waals surface area contributed by atoms with Crippen LogP contribution in [0.3, 0.4) is 0 Å². The number of nitriles is 1. The topological polar surface area (TPSA) is 87.0 Å². The number of amides is 1. The number of sulfone groups is 1. The van der Waals surface area contributed by atoms with Crippen LogP contribution in [0, 0.1) is 18.3 Å². The number of fused-ring (bicyclic) bond motifs is 1. The van der Waals surface area contributed by atoms with Crippen molar-refractivity contribution in [1.82, 2.24) is 0 Å². The Kier molecular flexibility index (Phi) is 4.53. The summed E-state index contributed by atoms with van der Waals surface area (Å²) in [6, 6.07) is 15.8. The minimum absolute atomic E-state index is 0.128. The first-order chi connectivity index (χ1) is 13.4. The summed E-state index contributed by atoms with van der Waals surface area (Å²) in [4.78, 5) is 13.5. The van der Waals surface area contributed by atoms with E-state index < -0.39 is 9.84 Å². The fourth-order valence-electron chi connectivity index (χ4n) is 3.31. The number of carbonyl (C=O) groups is 1. The second kappa shape index (κ2) is 6.89. The monoisotopic (exact) mass is 408 g/mol. The first-order valence-corrected chi connectivity index (χ1v) is 11.0. The van der Waals surface area contributed by atoms with Crippen molar-refractivity contribution in [3.63, 3.8) is 0 Å². The molecule has 7 heteroatoms. The number of carbonyl (C=O) groups excluding carboxylic acids is 1. The Labute approximate surface area is 167 Å². The van der Waals surface area contributed by atoms with E-state index >= 15 is 0 Å². The number of hydrogen-bond donors (Lipinski definition) is 1. The number of rotatable bonds is 3. The summed E-state index contributed by atoms with van der Waals surface area (Å²) in [7, 11) is -3.74. The summed E-state index contributed by atoms with van der Waals surface area (Å²) < 4.78 is 26.3. The average molecular weight is 409 g/mol. The van der Waals surface area contributed by atoms with Gasteiger partial charge < -0.3 is 5.32 Å². The molecule has 1 atom stereocenters. The summed E-state index contributed by atoms with van der Waals surface area (Å²) in [6.07, 6.45) is 0.240. The fourth-order valence-corrected chi connectivity index (χ4v) is 6.21. The number of nitrogens with one attached hydrogen (secondary N) is 1. The quantitative estimate of drug-likeness (QED) is 0.702. The van der Waals surface area contributed by atoms with E-state index in [1.807, 2.05) is 19.1 Å². The Morgan fingerprint density at radius 3 is 2.43 bits per heavy atom. The minimum Gasteiger partial charge on any atom is -0.324 e. The van der Waals surface area contributed by atoms with E-state index in [-0.39, 0.29) is 28.0 Å². The maximum Gasteiger partial charge on any atom is 0.225 e. The van der Waals surface area contributed by atoms with Gasteiger partial charge in [-0.2, -0.15) is 5.26 Å². The van der Waals surface area contributed by atoms with Gasteiger partial charge in [0.05, 0.1) is 22.2 Å². The van der Waals surface area contributed by atoms with Crippen molar-refractivity contribution in [2.45, 2.75) is 29.1 Å². The number of aryl methyl sites for hydroxylation is 1. The van der Waals surface area contributed by atoms with Crippen LogP contribution in [0.1, 0.15) is 33.9 Å². The summed E-state index contributed by atoms with van der Waals surface area (Å²) in [6.45, 7) is 1.89. The van der Waals surface area contributed by atoms with Crippen LogP contribution in [-0.2, 0) is 14.6 Å². The standard InChI is InChI=1S/C21H16N2O3S2/c1-13-2-8-16(9-3-13)28(25,26)18-12-27-21-17(10-19(24)23-20(18)21)15-6-4-14(11-22)5-7-15/h2-9,12,17H,10H2,1H3,(H,23,24)/t17-/m0/s1. The lowest BCUT2D eigenvalue weighted by Gasteiger charge is -2.23. The lowest BCUT2D eigenvalue weighted by molar-refractivity contribution is -0.116. The van der Waals surface area contributed by atoms with Gasteiger partial charge in [0.1, 0.15) is 4.90 Å². The zero-order valence-corrected chi connectivity index (χ0v) is 16.6. The van der Waals surface area contributed by atoms with E-state index in [2.05, 4.69) is 11.4 Å². The van der Waals surface area contributed by atoms with Gasteiger partial charge in [0, 0.05) is 22.6 Å². The highest BCUT2D eigenvalue weighted by Gasteiger charge is 2.34. The fraction of sp³-hybridized carbons (Fsp3) is 0.143. The molecule has 1 aromatic heterocycles. The average Bonchev–Trinajstić information content (AvgIpc) is 3.12. The van der Waals surface area contributed by atoms with Crippen LogP contribution in [0.4, 0.5) is 5.69 Å². The van der Waals surface area contributed by atoms with Crippen LogP contribution in [0.25, 0.3) is 0 Å². The summed E-state index contributed by atoms with van der Waals surface area (Å²) >= 11 is 1.33. The van der Waals surface area contributed by atoms with Crippen molar-refractivity contribution in [3.05, 3.63) is 75.5 Å². The van der Waals surface area contributed by atoms with E-state index in [1.165, 1.54) is 11.3 Å². The molecule has 5 nitrogen and oxygen atoms in total. The molecule has 28 heavy (non-hydrogen) atoms. The SMILES string of the molecule is Cc1ccc(S(=O)(=O)c2csc3c2NC(=O)C[C@H]3c2ccc(C#N)cc2)cc1. The molecule has 0 bridgehead atoms. The molecule has 0 saturated heterocycles. The van der Waals surface area contributed by atoms with Crippen LogP contribution in [-0.4, -0.2) is 14.3 Å². The Hall–Kier alpha value is -2.95. The van der Waals surface area contributed by atoms with Gasteiger partial charge in [0.25, 0.3) is 0 Å². The van der Waals surface area contributed by atoms with Crippen molar-refractivity contribution in [3.8, 4) is 6.07 Å². The molecule has 2 aromatic carbocycles. The van der Waals surface area contributed by atoms with E-state index in [0.29, 0.717) is 11.3 Å². The first-order valence-electron chi connectivity index (χ1n) is 8.63. The van der Waals surface area contributed by atoms with Crippen LogP contribution in [0.15, 0.2) is 63.7 Å². The first kappa shape index (κ1) is 18.4. The van der Waals surface area contributed by atoms with Crippen molar-refractivity contribution in [2.75, 3.05) is 5.32 Å². The number of benzene rings is 2. The zero-order valence-electron chi connectivity index (χ0n) is 15.0. The minimum atomic E-state index is -3.74. The predicted molar refractivity (Wildman–Crippen MR) is 107 cm³/mol. The molecule has 1 aliphatic heterocycles. The number of thiophene rings is 1. The molecule has 1 N–H and O–H groups in total. The third-order valence-electron chi connectivity index (χ3n) is 4.82.